The summed E-state index contributed by atoms with van der Waals surface area (Å²) in [4.78, 5) is 70.8. The van der Waals surface area contributed by atoms with Gasteiger partial charge in [0.2, 0.25) is 17.7 Å². The predicted molar refractivity (Wildman–Crippen MR) is 126 cm³/mol. The van der Waals surface area contributed by atoms with E-state index in [2.05, 4.69) is 23.3 Å². The van der Waals surface area contributed by atoms with E-state index in [1.165, 1.54) is 12.1 Å². The third kappa shape index (κ3) is 10.6. The number of carboxylic acid groups (broad SMARTS) is 3. The van der Waals surface area contributed by atoms with Gasteiger partial charge in [0.05, 0.1) is 12.5 Å². The van der Waals surface area contributed by atoms with E-state index in [1.54, 1.807) is 12.1 Å². The fourth-order valence-electron chi connectivity index (χ4n) is 2.91. The molecule has 36 heavy (non-hydrogen) atoms. The molecule has 0 radical (unpaired) electrons. The Morgan fingerprint density at radius 3 is 1.83 bits per heavy atom. The quantitative estimate of drug-likeness (QED) is 0.113. The highest BCUT2D eigenvalue weighted by Gasteiger charge is 2.31. The van der Waals surface area contributed by atoms with E-state index in [9.17, 15) is 39.0 Å². The van der Waals surface area contributed by atoms with Crippen molar-refractivity contribution in [3.05, 3.63) is 29.8 Å². The van der Waals surface area contributed by atoms with Crippen molar-refractivity contribution >= 4 is 48.3 Å². The number of phenols is 1. The van der Waals surface area contributed by atoms with Crippen molar-refractivity contribution in [1.29, 1.82) is 0 Å². The molecule has 0 bridgehead atoms. The molecule has 1 rings (SSSR count). The molecule has 0 saturated carbocycles. The number of nitrogens with one attached hydrogen (secondary N) is 3. The number of amides is 3. The van der Waals surface area contributed by atoms with Crippen LogP contribution in [0.25, 0.3) is 0 Å². The summed E-state index contributed by atoms with van der Waals surface area (Å²) in [6, 6.07) is 0.156. The molecule has 0 aliphatic heterocycles. The number of hydrogen-bond donors (Lipinski definition) is 9. The van der Waals surface area contributed by atoms with Gasteiger partial charge >= 0.3 is 17.9 Å². The molecule has 4 atom stereocenters. The second-order valence-electron chi connectivity index (χ2n) is 7.71. The van der Waals surface area contributed by atoms with Crippen molar-refractivity contribution in [2.24, 2.45) is 5.73 Å². The summed E-state index contributed by atoms with van der Waals surface area (Å²) in [5.41, 5.74) is 6.50. The van der Waals surface area contributed by atoms with Crippen molar-refractivity contribution in [3.63, 3.8) is 0 Å². The van der Waals surface area contributed by atoms with Gasteiger partial charge in [-0.3, -0.25) is 24.0 Å². The summed E-state index contributed by atoms with van der Waals surface area (Å²) in [6.07, 6.45) is -1.90. The van der Waals surface area contributed by atoms with Crippen molar-refractivity contribution in [2.75, 3.05) is 5.75 Å². The number of benzene rings is 1. The highest BCUT2D eigenvalue weighted by Crippen LogP contribution is 2.11. The fourth-order valence-corrected chi connectivity index (χ4v) is 3.16. The molecule has 0 aliphatic rings. The second-order valence-corrected chi connectivity index (χ2v) is 8.08. The molecule has 0 saturated heterocycles. The Morgan fingerprint density at radius 1 is 0.806 bits per heavy atom. The largest absolute Gasteiger partial charge is 0.508 e. The summed E-state index contributed by atoms with van der Waals surface area (Å²) in [7, 11) is 0. The second kappa shape index (κ2) is 14.5. The molecular weight excluding hydrogens is 500 g/mol. The normalized spacial score (nSPS) is 13.9. The Bertz CT molecular complexity index is 972. The van der Waals surface area contributed by atoms with Gasteiger partial charge in [0.1, 0.15) is 23.9 Å². The van der Waals surface area contributed by atoms with E-state index < -0.39 is 79.1 Å². The maximum absolute atomic E-state index is 12.6. The smallest absolute Gasteiger partial charge is 0.326 e. The molecule has 15 heteroatoms. The van der Waals surface area contributed by atoms with Gasteiger partial charge in [0.15, 0.2) is 0 Å². The van der Waals surface area contributed by atoms with E-state index in [0.29, 0.717) is 5.56 Å². The van der Waals surface area contributed by atoms with E-state index in [1.807, 2.05) is 5.32 Å². The van der Waals surface area contributed by atoms with Crippen LogP contribution in [0, 0.1) is 0 Å². The van der Waals surface area contributed by atoms with Crippen molar-refractivity contribution in [1.82, 2.24) is 16.0 Å². The molecule has 0 spiro atoms. The summed E-state index contributed by atoms with van der Waals surface area (Å²) in [5, 5.41) is 42.8. The minimum absolute atomic E-state index is 0.0279. The number of nitrogens with two attached hydrogens (primary N) is 1. The van der Waals surface area contributed by atoms with E-state index in [4.69, 9.17) is 15.9 Å². The number of hydrogen-bond acceptors (Lipinski definition) is 9. The minimum Gasteiger partial charge on any atom is -0.508 e. The maximum atomic E-state index is 12.6. The first-order valence-corrected chi connectivity index (χ1v) is 11.2. The van der Waals surface area contributed by atoms with Crippen molar-refractivity contribution < 1.29 is 49.2 Å². The van der Waals surface area contributed by atoms with Gasteiger partial charge in [-0.25, -0.2) is 4.79 Å². The molecule has 1 aromatic carbocycles. The van der Waals surface area contributed by atoms with Gasteiger partial charge in [0, 0.05) is 12.2 Å². The van der Waals surface area contributed by atoms with Crippen molar-refractivity contribution in [2.45, 2.75) is 49.9 Å². The standard InChI is InChI=1S/C21H28N4O10S/c22-12(7-10-1-3-11(26)4-2-10)18(31)25-15(9-36)20(33)24-14(8-17(29)30)19(32)23-13(21(34)35)5-6-16(27)28/h1-4,12-15,26,36H,5-9,22H2,(H,23,32)(H,24,33)(H,25,31)(H,27,28)(H,29,30)(H,34,35). The Kier molecular flexibility index (Phi) is 12.2. The first kappa shape index (κ1) is 30.2. The van der Waals surface area contributed by atoms with Gasteiger partial charge in [-0.2, -0.15) is 12.6 Å². The van der Waals surface area contributed by atoms with Crippen LogP contribution in [0.15, 0.2) is 24.3 Å². The van der Waals surface area contributed by atoms with Gasteiger partial charge in [0.25, 0.3) is 0 Å². The third-order valence-corrected chi connectivity index (χ3v) is 5.18. The maximum Gasteiger partial charge on any atom is 0.326 e. The average molecular weight is 529 g/mol. The predicted octanol–water partition coefficient (Wildman–Crippen LogP) is -1.93. The number of carbonyl (C=O) groups is 6. The Labute approximate surface area is 210 Å². The van der Waals surface area contributed by atoms with Crippen LogP contribution in [-0.2, 0) is 35.2 Å². The summed E-state index contributed by atoms with van der Waals surface area (Å²) in [5.74, 6) is -7.45. The molecule has 0 heterocycles. The van der Waals surface area contributed by atoms with Crippen LogP contribution in [-0.4, -0.2) is 86.0 Å². The number of carboxylic acids is 3. The molecule has 198 valence electrons. The van der Waals surface area contributed by atoms with Crippen LogP contribution in [0.3, 0.4) is 0 Å². The lowest BCUT2D eigenvalue weighted by molar-refractivity contribution is -0.144. The highest BCUT2D eigenvalue weighted by atomic mass is 32.1. The lowest BCUT2D eigenvalue weighted by Gasteiger charge is -2.23. The molecule has 14 nitrogen and oxygen atoms in total. The molecule has 4 unspecified atom stereocenters. The molecule has 0 aliphatic carbocycles. The van der Waals surface area contributed by atoms with Crippen LogP contribution in [0.2, 0.25) is 0 Å². The number of carbonyl (C=O) groups excluding carboxylic acids is 3. The van der Waals surface area contributed by atoms with Gasteiger partial charge in [-0.15, -0.1) is 0 Å². The van der Waals surface area contributed by atoms with Crippen LogP contribution < -0.4 is 21.7 Å². The molecule has 0 fully saturated rings. The zero-order valence-electron chi connectivity index (χ0n) is 18.9. The van der Waals surface area contributed by atoms with E-state index in [0.717, 1.165) is 0 Å². The summed E-state index contributed by atoms with van der Waals surface area (Å²) in [6.45, 7) is 0. The Hall–Kier alpha value is -3.85. The molecule has 1 aromatic rings. The van der Waals surface area contributed by atoms with Gasteiger partial charge in [-0.05, 0) is 30.5 Å². The van der Waals surface area contributed by atoms with Crippen LogP contribution in [0.5, 0.6) is 5.75 Å². The zero-order chi connectivity index (χ0) is 27.4. The van der Waals surface area contributed by atoms with Gasteiger partial charge in [-0.1, -0.05) is 12.1 Å². The fraction of sp³-hybridized carbons (Fsp3) is 0.429. The van der Waals surface area contributed by atoms with E-state index >= 15 is 0 Å². The molecule has 3 amide bonds. The topological polar surface area (TPSA) is 245 Å². The lowest BCUT2D eigenvalue weighted by Crippen LogP contribution is -2.58. The number of aliphatic carboxylic acids is 3. The first-order valence-electron chi connectivity index (χ1n) is 10.6. The van der Waals surface area contributed by atoms with Crippen LogP contribution in [0.1, 0.15) is 24.8 Å². The Morgan fingerprint density at radius 2 is 1.33 bits per heavy atom. The van der Waals surface area contributed by atoms with Gasteiger partial charge < -0.3 is 42.1 Å². The number of aromatic hydroxyl groups is 1. The molecule has 9 N–H and O–H groups in total. The Balaban J connectivity index is 2.84. The van der Waals surface area contributed by atoms with Crippen LogP contribution >= 0.6 is 12.6 Å². The highest BCUT2D eigenvalue weighted by molar-refractivity contribution is 7.80. The third-order valence-electron chi connectivity index (χ3n) is 4.82. The SMILES string of the molecule is NC(Cc1ccc(O)cc1)C(=O)NC(CS)C(=O)NC(CC(=O)O)C(=O)NC(CCC(=O)O)C(=O)O. The summed E-state index contributed by atoms with van der Waals surface area (Å²) < 4.78 is 0. The molecular formula is C21H28N4O10S. The lowest BCUT2D eigenvalue weighted by atomic mass is 10.1. The monoisotopic (exact) mass is 528 g/mol. The van der Waals surface area contributed by atoms with Crippen molar-refractivity contribution in [3.8, 4) is 5.75 Å². The van der Waals surface area contributed by atoms with E-state index in [-0.39, 0.29) is 17.9 Å². The molecule has 0 aromatic heterocycles. The number of thiol groups is 1. The number of rotatable bonds is 15. The minimum atomic E-state index is -1.73. The zero-order valence-corrected chi connectivity index (χ0v) is 19.8. The number of phenolic OH excluding ortho intramolecular Hbond substituents is 1. The average Bonchev–Trinajstić information content (AvgIpc) is 2.79. The summed E-state index contributed by atoms with van der Waals surface area (Å²) >= 11 is 3.99. The van der Waals surface area contributed by atoms with Crippen LogP contribution in [0.4, 0.5) is 0 Å². The first-order chi connectivity index (χ1) is 16.8.